The van der Waals surface area contributed by atoms with E-state index >= 15 is 0 Å². The van der Waals surface area contributed by atoms with Crippen molar-refractivity contribution in [1.29, 1.82) is 0 Å². The number of hydrogen-bond donors (Lipinski definition) is 0. The van der Waals surface area contributed by atoms with E-state index in [0.29, 0.717) is 6.04 Å². The molecule has 2 heterocycles. The summed E-state index contributed by atoms with van der Waals surface area (Å²) in [5.41, 5.74) is 4.17. The molecule has 2 aromatic rings. The van der Waals surface area contributed by atoms with E-state index in [0.717, 1.165) is 13.1 Å². The number of nitrogens with zero attached hydrogens (tertiary/aromatic N) is 2. The van der Waals surface area contributed by atoms with Crippen molar-refractivity contribution >= 4 is 0 Å². The molecule has 86 valence electrons. The van der Waals surface area contributed by atoms with Crippen LogP contribution in [0.4, 0.5) is 0 Å². The molecule has 0 fully saturated rings. The van der Waals surface area contributed by atoms with Crippen molar-refractivity contribution in [2.45, 2.75) is 26.1 Å². The summed E-state index contributed by atoms with van der Waals surface area (Å²) in [5.74, 6) is 0. The van der Waals surface area contributed by atoms with E-state index in [-0.39, 0.29) is 0 Å². The van der Waals surface area contributed by atoms with Gasteiger partial charge in [0.05, 0.1) is 0 Å². The summed E-state index contributed by atoms with van der Waals surface area (Å²) in [4.78, 5) is 6.68. The minimum Gasteiger partial charge on any atom is -0.288 e. The highest BCUT2D eigenvalue weighted by atomic mass is 15.2. The molecule has 0 spiro atoms. The second kappa shape index (κ2) is 4.30. The van der Waals surface area contributed by atoms with Crippen LogP contribution in [-0.4, -0.2) is 9.88 Å². The Balaban J connectivity index is 1.81. The maximum Gasteiger partial charge on any atom is 0.0326 e. The molecule has 2 heteroatoms. The third kappa shape index (κ3) is 1.96. The Kier molecular flexibility index (Phi) is 2.65. The number of rotatable bonds is 2. The minimum absolute atomic E-state index is 0.462. The molecule has 1 aliphatic heterocycles. The van der Waals surface area contributed by atoms with Gasteiger partial charge in [-0.05, 0) is 29.7 Å². The van der Waals surface area contributed by atoms with E-state index in [1.807, 2.05) is 12.4 Å². The van der Waals surface area contributed by atoms with Gasteiger partial charge in [0.15, 0.2) is 0 Å². The molecule has 0 bridgehead atoms. The van der Waals surface area contributed by atoms with Gasteiger partial charge >= 0.3 is 0 Å². The summed E-state index contributed by atoms with van der Waals surface area (Å²) in [6, 6.07) is 13.3. The zero-order chi connectivity index (χ0) is 11.7. The molecule has 1 atom stereocenters. The molecule has 2 nitrogen and oxygen atoms in total. The summed E-state index contributed by atoms with van der Waals surface area (Å²) in [6.45, 7) is 4.32. The fraction of sp³-hybridized carbons (Fsp3) is 0.267. The van der Waals surface area contributed by atoms with E-state index in [2.05, 4.69) is 53.2 Å². The zero-order valence-corrected chi connectivity index (χ0v) is 10.0. The van der Waals surface area contributed by atoms with E-state index in [9.17, 15) is 0 Å². The molecule has 3 rings (SSSR count). The lowest BCUT2D eigenvalue weighted by molar-refractivity contribution is 0.215. The normalized spacial score (nSPS) is 16.8. The fourth-order valence-electron chi connectivity index (χ4n) is 2.46. The van der Waals surface area contributed by atoms with Gasteiger partial charge in [-0.2, -0.15) is 0 Å². The van der Waals surface area contributed by atoms with Crippen molar-refractivity contribution in [3.63, 3.8) is 0 Å². The van der Waals surface area contributed by atoms with Crippen molar-refractivity contribution < 1.29 is 0 Å². The summed E-state index contributed by atoms with van der Waals surface area (Å²) < 4.78 is 0. The molecule has 0 aliphatic carbocycles. The van der Waals surface area contributed by atoms with Gasteiger partial charge in [0.2, 0.25) is 0 Å². The maximum absolute atomic E-state index is 4.20. The first kappa shape index (κ1) is 10.5. The van der Waals surface area contributed by atoms with Crippen LogP contribution >= 0.6 is 0 Å². The Morgan fingerprint density at radius 3 is 2.59 bits per heavy atom. The fourth-order valence-corrected chi connectivity index (χ4v) is 2.46. The number of hydrogen-bond acceptors (Lipinski definition) is 2. The van der Waals surface area contributed by atoms with Crippen LogP contribution in [0.5, 0.6) is 0 Å². The van der Waals surface area contributed by atoms with Crippen molar-refractivity contribution in [2.24, 2.45) is 0 Å². The van der Waals surface area contributed by atoms with Crippen LogP contribution in [-0.2, 0) is 13.1 Å². The first-order valence-corrected chi connectivity index (χ1v) is 6.05. The zero-order valence-electron chi connectivity index (χ0n) is 10.0. The van der Waals surface area contributed by atoms with Crippen LogP contribution in [0.15, 0.2) is 48.8 Å². The molecule has 0 N–H and O–H groups in total. The molecule has 0 radical (unpaired) electrons. The number of benzene rings is 1. The molecule has 1 aliphatic rings. The SMILES string of the molecule is CC(c1ccccc1)N1Cc2ccncc2C1. The average molecular weight is 224 g/mol. The first-order valence-electron chi connectivity index (χ1n) is 6.05. The van der Waals surface area contributed by atoms with Gasteiger partial charge in [0.25, 0.3) is 0 Å². The van der Waals surface area contributed by atoms with Gasteiger partial charge in [-0.1, -0.05) is 30.3 Å². The predicted octanol–water partition coefficient (Wildman–Crippen LogP) is 3.16. The predicted molar refractivity (Wildman–Crippen MR) is 68.3 cm³/mol. The largest absolute Gasteiger partial charge is 0.288 e. The van der Waals surface area contributed by atoms with E-state index in [1.165, 1.54) is 16.7 Å². The lowest BCUT2D eigenvalue weighted by Crippen LogP contribution is -2.20. The standard InChI is InChI=1S/C15H16N2/c1-12(13-5-3-2-4-6-13)17-10-14-7-8-16-9-15(14)11-17/h2-9,12H,10-11H2,1H3. The summed E-state index contributed by atoms with van der Waals surface area (Å²) in [7, 11) is 0. The highest BCUT2D eigenvalue weighted by Crippen LogP contribution is 2.30. The molecule has 1 aromatic heterocycles. The monoisotopic (exact) mass is 224 g/mol. The average Bonchev–Trinajstić information content (AvgIpc) is 2.82. The second-order valence-corrected chi connectivity index (χ2v) is 4.64. The van der Waals surface area contributed by atoms with Crippen molar-refractivity contribution in [1.82, 2.24) is 9.88 Å². The van der Waals surface area contributed by atoms with Crippen molar-refractivity contribution in [3.05, 3.63) is 65.5 Å². The maximum atomic E-state index is 4.20. The van der Waals surface area contributed by atoms with E-state index in [4.69, 9.17) is 0 Å². The molecule has 0 saturated heterocycles. The Morgan fingerprint density at radius 1 is 1.06 bits per heavy atom. The van der Waals surface area contributed by atoms with Crippen LogP contribution in [0.1, 0.15) is 29.7 Å². The van der Waals surface area contributed by atoms with Crippen molar-refractivity contribution in [3.8, 4) is 0 Å². The van der Waals surface area contributed by atoms with Gasteiger partial charge in [-0.15, -0.1) is 0 Å². The van der Waals surface area contributed by atoms with Crippen LogP contribution in [0, 0.1) is 0 Å². The summed E-state index contributed by atoms with van der Waals surface area (Å²) in [6.07, 6.45) is 3.88. The minimum atomic E-state index is 0.462. The Morgan fingerprint density at radius 2 is 1.82 bits per heavy atom. The van der Waals surface area contributed by atoms with Gasteiger partial charge in [0, 0.05) is 31.5 Å². The lowest BCUT2D eigenvalue weighted by Gasteiger charge is -2.24. The molecule has 0 amide bonds. The topological polar surface area (TPSA) is 16.1 Å². The van der Waals surface area contributed by atoms with Gasteiger partial charge in [-0.25, -0.2) is 0 Å². The smallest absolute Gasteiger partial charge is 0.0326 e. The van der Waals surface area contributed by atoms with E-state index in [1.54, 1.807) is 0 Å². The molecule has 17 heavy (non-hydrogen) atoms. The van der Waals surface area contributed by atoms with Crippen LogP contribution < -0.4 is 0 Å². The second-order valence-electron chi connectivity index (χ2n) is 4.64. The molecular weight excluding hydrogens is 208 g/mol. The lowest BCUT2D eigenvalue weighted by atomic mass is 10.1. The van der Waals surface area contributed by atoms with Gasteiger partial charge < -0.3 is 0 Å². The Labute approximate surface area is 102 Å². The summed E-state index contributed by atoms with van der Waals surface area (Å²) >= 11 is 0. The Hall–Kier alpha value is -1.67. The van der Waals surface area contributed by atoms with Gasteiger partial charge in [0.1, 0.15) is 0 Å². The van der Waals surface area contributed by atoms with E-state index < -0.39 is 0 Å². The number of fused-ring (bicyclic) bond motifs is 1. The molecule has 0 saturated carbocycles. The van der Waals surface area contributed by atoms with Crippen LogP contribution in [0.25, 0.3) is 0 Å². The third-order valence-electron chi connectivity index (χ3n) is 3.58. The molecule has 1 aromatic carbocycles. The molecule has 1 unspecified atom stereocenters. The molecular formula is C15H16N2. The Bertz CT molecular complexity index is 482. The van der Waals surface area contributed by atoms with Crippen LogP contribution in [0.3, 0.4) is 0 Å². The van der Waals surface area contributed by atoms with Crippen molar-refractivity contribution in [2.75, 3.05) is 0 Å². The third-order valence-corrected chi connectivity index (χ3v) is 3.58. The summed E-state index contributed by atoms with van der Waals surface area (Å²) in [5, 5.41) is 0. The number of aromatic nitrogens is 1. The first-order chi connectivity index (χ1) is 8.34. The highest BCUT2D eigenvalue weighted by molar-refractivity contribution is 5.28. The van der Waals surface area contributed by atoms with Gasteiger partial charge in [-0.3, -0.25) is 9.88 Å². The highest BCUT2D eigenvalue weighted by Gasteiger charge is 2.23. The number of pyridine rings is 1. The quantitative estimate of drug-likeness (QED) is 0.779. The van der Waals surface area contributed by atoms with Crippen LogP contribution in [0.2, 0.25) is 0 Å².